The first-order valence-electron chi connectivity index (χ1n) is 40.0. The number of aromatic hydroxyl groups is 1. The van der Waals surface area contributed by atoms with Crippen LogP contribution in [0, 0.1) is 0 Å². The van der Waals surface area contributed by atoms with Gasteiger partial charge in [-0.25, -0.2) is 0 Å². The number of hydrogen-bond acceptors (Lipinski definition) is 9. The molecule has 1 aromatic heterocycles. The molecule has 0 radical (unpaired) electrons. The maximum atomic E-state index is 12.3. The molecule has 0 aliphatic rings. The number of pyridine rings is 1. The van der Waals surface area contributed by atoms with Crippen molar-refractivity contribution in [3.05, 3.63) is 313 Å². The number of anilines is 2. The van der Waals surface area contributed by atoms with Crippen LogP contribution >= 0.6 is 0 Å². The second kappa shape index (κ2) is 38.0. The highest BCUT2D eigenvalue weighted by molar-refractivity contribution is 5.47. The molecular formula is C101H146N8O2. The fraction of sp³-hybridized carbons (Fsp3) is 0.455. The number of nitrogen functional groups attached to an aromatic ring is 2. The molecule has 0 saturated heterocycles. The third-order valence-electron chi connectivity index (χ3n) is 18.8. The molecule has 10 heteroatoms. The maximum absolute atomic E-state index is 12.3. The van der Waals surface area contributed by atoms with Crippen molar-refractivity contribution in [3.8, 4) is 5.75 Å². The lowest BCUT2D eigenvalue weighted by molar-refractivity contribution is 0.388. The van der Waals surface area contributed by atoms with E-state index in [4.69, 9.17) is 11.5 Å². The second-order valence-electron chi connectivity index (χ2n) is 40.7. The lowest BCUT2D eigenvalue weighted by atomic mass is 9.85. The molecule has 5 unspecified atom stereocenters. The summed E-state index contributed by atoms with van der Waals surface area (Å²) in [4.78, 5) is 15.0. The molecule has 0 spiro atoms. The first kappa shape index (κ1) is 93.3. The van der Waals surface area contributed by atoms with E-state index < -0.39 is 0 Å². The molecule has 0 amide bonds. The minimum atomic E-state index is -0.131. The highest BCUT2D eigenvalue weighted by Gasteiger charge is 2.28. The van der Waals surface area contributed by atoms with Crippen molar-refractivity contribution in [3.63, 3.8) is 0 Å². The van der Waals surface area contributed by atoms with Crippen molar-refractivity contribution in [2.75, 3.05) is 11.5 Å². The van der Waals surface area contributed by atoms with E-state index in [1.165, 1.54) is 61.2 Å². The van der Waals surface area contributed by atoms with Crippen molar-refractivity contribution in [1.29, 1.82) is 0 Å². The van der Waals surface area contributed by atoms with E-state index in [2.05, 4.69) is 398 Å². The van der Waals surface area contributed by atoms with E-state index >= 15 is 0 Å². The fourth-order valence-corrected chi connectivity index (χ4v) is 12.7. The van der Waals surface area contributed by atoms with Gasteiger partial charge in [-0.1, -0.05) is 280 Å². The zero-order valence-corrected chi connectivity index (χ0v) is 74.3. The van der Waals surface area contributed by atoms with Crippen LogP contribution in [-0.4, -0.2) is 37.8 Å². The van der Waals surface area contributed by atoms with Gasteiger partial charge < -0.3 is 48.1 Å². The Morgan fingerprint density at radius 2 is 0.577 bits per heavy atom. The van der Waals surface area contributed by atoms with Gasteiger partial charge in [-0.05, 0) is 253 Å². The quantitative estimate of drug-likeness (QED) is 0.0359. The highest BCUT2D eigenvalue weighted by atomic mass is 16.3. The van der Waals surface area contributed by atoms with Gasteiger partial charge in [0.15, 0.2) is 0 Å². The number of aromatic nitrogens is 1. The van der Waals surface area contributed by atoms with E-state index in [9.17, 15) is 9.90 Å². The standard InChI is InChI=1S/2C21H30N2.C21H29NO.C20H28N2O.C18H29N/c1-20(2,3)17-11-7-15(8-12-17)19(23-21(4,5)6)16-9-13-18(22)14-10-16;1-20(2,3)17-12-10-15(11-13-17)19(23-21(4,5)6)16-8-7-9-18(22)14-16;1-20(2,3)17-11-7-15(8-12-17)19(22-21(4,5)6)16-9-13-18(23)14-10-16;1-19(2,3)15-11-9-14(10-12-15)17(22-20(4,5)6)16-8-7-13-21-18(16)23;1-13(2)16(19-18(6,7)8)14-9-11-15(12-10-14)17(3,4)5/h2*7-14,19,23H,22H2,1-6H3;7-14,19,22-23H,1-6H3;7-13,17,22H,1-6H3,(H,21,23);9-12,16,19H,1H2,2-8H3. The molecular weight excluding hydrogens is 1360 g/mol. The van der Waals surface area contributed by atoms with Gasteiger partial charge in [0.2, 0.25) is 0 Å². The smallest absolute Gasteiger partial charge is 0.253 e. The normalized spacial score (nSPS) is 13.9. The summed E-state index contributed by atoms with van der Waals surface area (Å²) >= 11 is 0. The number of phenolic OH excluding ortho intramolecular Hbond substituents is 1. The molecule has 602 valence electrons. The average Bonchev–Trinajstić information content (AvgIpc) is 0.793. The van der Waals surface area contributed by atoms with Crippen LogP contribution in [0.5, 0.6) is 5.75 Å². The van der Waals surface area contributed by atoms with Crippen LogP contribution in [-0.2, 0) is 27.1 Å². The SMILES string of the molecule is C=C(C)C(NC(C)(C)C)c1ccc(C(C)(C)C)cc1.CC(C)(C)NC(c1ccc(C(C)(C)C)cc1)c1ccc[nH]c1=O.CC(C)(C)NC(c1ccc(C(C)(C)C)cc1)c1cccc(N)c1.CC(C)(C)NC(c1ccc(N)cc1)c1ccc(C(C)(C)C)cc1.CC(C)(C)NC(c1ccc(O)cc1)c1ccc(C(C)(C)C)cc1. The monoisotopic (exact) mass is 1500 g/mol. The summed E-state index contributed by atoms with van der Waals surface area (Å²) in [6.45, 7) is 72.2. The summed E-state index contributed by atoms with van der Waals surface area (Å²) in [6, 6.07) is 72.2. The van der Waals surface area contributed by atoms with Crippen molar-refractivity contribution in [2.24, 2.45) is 0 Å². The predicted octanol–water partition coefficient (Wildman–Crippen LogP) is 24.4. The van der Waals surface area contributed by atoms with Crippen molar-refractivity contribution in [1.82, 2.24) is 31.6 Å². The zero-order chi connectivity index (χ0) is 83.8. The van der Waals surface area contributed by atoms with Gasteiger partial charge >= 0.3 is 0 Å². The van der Waals surface area contributed by atoms with E-state index in [0.29, 0.717) is 5.75 Å². The van der Waals surface area contributed by atoms with Gasteiger partial charge in [0.05, 0.1) is 30.2 Å². The molecule has 111 heavy (non-hydrogen) atoms. The molecule has 10 nitrogen and oxygen atoms in total. The van der Waals surface area contributed by atoms with E-state index in [-0.39, 0.29) is 90.5 Å². The van der Waals surface area contributed by atoms with Gasteiger partial charge in [-0.3, -0.25) is 4.79 Å². The molecule has 9 aromatic rings. The molecule has 0 fully saturated rings. The molecule has 5 atom stereocenters. The Hall–Kier alpha value is -8.35. The van der Waals surface area contributed by atoms with Crippen LogP contribution in [0.1, 0.15) is 323 Å². The summed E-state index contributed by atoms with van der Waals surface area (Å²) in [7, 11) is 0. The van der Waals surface area contributed by atoms with Gasteiger partial charge in [-0.2, -0.15) is 0 Å². The maximum Gasteiger partial charge on any atom is 0.253 e. The van der Waals surface area contributed by atoms with E-state index in [1.807, 2.05) is 48.5 Å². The van der Waals surface area contributed by atoms with Crippen LogP contribution in [0.3, 0.4) is 0 Å². The van der Waals surface area contributed by atoms with Crippen LogP contribution in [0.2, 0.25) is 0 Å². The van der Waals surface area contributed by atoms with Crippen molar-refractivity contribution < 1.29 is 5.11 Å². The molecule has 11 N–H and O–H groups in total. The first-order valence-corrected chi connectivity index (χ1v) is 40.0. The number of aromatic amines is 1. The highest BCUT2D eigenvalue weighted by Crippen LogP contribution is 2.35. The number of nitrogens with two attached hydrogens (primary N) is 2. The third kappa shape index (κ3) is 32.0. The molecule has 0 bridgehead atoms. The van der Waals surface area contributed by atoms with E-state index in [1.54, 1.807) is 18.3 Å². The Bertz CT molecular complexity index is 4230. The molecule has 0 saturated carbocycles. The summed E-state index contributed by atoms with van der Waals surface area (Å²) in [6.07, 6.45) is 1.67. The molecule has 8 aromatic carbocycles. The largest absolute Gasteiger partial charge is 0.508 e. The fourth-order valence-electron chi connectivity index (χ4n) is 12.7. The molecule has 1 heterocycles. The second-order valence-corrected chi connectivity index (χ2v) is 40.7. The number of H-pyrrole nitrogens is 1. The lowest BCUT2D eigenvalue weighted by Gasteiger charge is -2.30. The van der Waals surface area contributed by atoms with Gasteiger partial charge in [0, 0.05) is 50.8 Å². The summed E-state index contributed by atoms with van der Waals surface area (Å²) < 4.78 is 0. The number of rotatable bonds is 15. The Balaban J connectivity index is 0.000000249. The number of hydrogen-bond donors (Lipinski definition) is 9. The Labute approximate surface area is 673 Å². The number of nitrogens with one attached hydrogen (secondary N) is 6. The van der Waals surface area contributed by atoms with Crippen molar-refractivity contribution >= 4 is 11.4 Å². The Morgan fingerprint density at radius 3 is 0.847 bits per heavy atom. The van der Waals surface area contributed by atoms with Crippen molar-refractivity contribution in [2.45, 2.75) is 300 Å². The van der Waals surface area contributed by atoms with E-state index in [0.717, 1.165) is 33.6 Å². The Kier molecular flexibility index (Phi) is 31.9. The van der Waals surface area contributed by atoms with Crippen LogP contribution in [0.25, 0.3) is 0 Å². The summed E-state index contributed by atoms with van der Waals surface area (Å²) in [5.41, 5.74) is 32.5. The van der Waals surface area contributed by atoms with Crippen LogP contribution in [0.15, 0.2) is 229 Å². The number of phenols is 1. The summed E-state index contributed by atoms with van der Waals surface area (Å²) in [5.74, 6) is 0.298. The molecule has 0 aliphatic carbocycles. The number of benzene rings is 8. The average molecular weight is 1500 g/mol. The summed E-state index contributed by atoms with van der Waals surface area (Å²) in [5, 5.41) is 27.9. The lowest BCUT2D eigenvalue weighted by Crippen LogP contribution is -2.41. The van der Waals surface area contributed by atoms with Crippen LogP contribution in [0.4, 0.5) is 11.4 Å². The minimum absolute atomic E-state index is 0.00868. The molecule has 0 aliphatic heterocycles. The predicted molar refractivity (Wildman–Crippen MR) is 482 cm³/mol. The van der Waals surface area contributed by atoms with Gasteiger partial charge in [0.25, 0.3) is 5.56 Å². The first-order chi connectivity index (χ1) is 50.8. The van der Waals surface area contributed by atoms with Gasteiger partial charge in [-0.15, -0.1) is 0 Å². The molecule has 9 rings (SSSR count). The Morgan fingerprint density at radius 1 is 0.315 bits per heavy atom. The van der Waals surface area contributed by atoms with Gasteiger partial charge in [0.1, 0.15) is 5.75 Å². The topological polar surface area (TPSA) is 165 Å². The zero-order valence-electron chi connectivity index (χ0n) is 74.3. The minimum Gasteiger partial charge on any atom is -0.508 e. The van der Waals surface area contributed by atoms with Crippen LogP contribution < -0.4 is 43.6 Å². The third-order valence-corrected chi connectivity index (χ3v) is 18.8.